The highest BCUT2D eigenvalue weighted by molar-refractivity contribution is 7.92. The van der Waals surface area contributed by atoms with Crippen LogP contribution in [0.1, 0.15) is 12.0 Å². The van der Waals surface area contributed by atoms with Gasteiger partial charge in [0, 0.05) is 63.4 Å². The van der Waals surface area contributed by atoms with Crippen molar-refractivity contribution in [1.82, 2.24) is 19.6 Å². The van der Waals surface area contributed by atoms with E-state index in [0.717, 1.165) is 5.56 Å². The van der Waals surface area contributed by atoms with Gasteiger partial charge in [0.2, 0.25) is 5.91 Å². The van der Waals surface area contributed by atoms with Gasteiger partial charge in [0.15, 0.2) is 9.84 Å². The summed E-state index contributed by atoms with van der Waals surface area (Å²) in [5.41, 5.74) is 1.07. The van der Waals surface area contributed by atoms with Crippen molar-refractivity contribution in [1.29, 1.82) is 0 Å². The third-order valence-electron chi connectivity index (χ3n) is 5.88. The van der Waals surface area contributed by atoms with Gasteiger partial charge in [-0.3, -0.25) is 14.4 Å². The zero-order valence-corrected chi connectivity index (χ0v) is 15.9. The largest absolute Gasteiger partial charge is 0.378 e. The Kier molecular flexibility index (Phi) is 4.79. The van der Waals surface area contributed by atoms with Crippen molar-refractivity contribution in [3.63, 3.8) is 0 Å². The van der Waals surface area contributed by atoms with Crippen LogP contribution in [0.3, 0.4) is 0 Å². The van der Waals surface area contributed by atoms with Crippen molar-refractivity contribution in [3.8, 4) is 0 Å². The standard InChI is InChI=1S/C17H26N4O4S/c1-19-9-13(8-18-19)10-20-11-15-14(2-7-26(23,24)16(15)12-20)17(22)21-3-5-25-6-4-21/h8-9,14-16H,2-7,10-12H2,1H3/t14-,15-,16-/m1/s1. The lowest BCUT2D eigenvalue weighted by Gasteiger charge is -2.36. The van der Waals surface area contributed by atoms with Gasteiger partial charge in [0.25, 0.3) is 0 Å². The molecule has 3 fully saturated rings. The number of ether oxygens (including phenoxy) is 1. The SMILES string of the molecule is Cn1cc(CN2C[C@H]3[C@@H](C2)S(=O)(=O)CC[C@H]3C(=O)N2CCOCC2)cn1. The summed E-state index contributed by atoms with van der Waals surface area (Å²) in [5, 5.41) is 3.75. The molecule has 0 aromatic carbocycles. The third kappa shape index (κ3) is 3.39. The van der Waals surface area contributed by atoms with Gasteiger partial charge in [0.1, 0.15) is 0 Å². The number of hydrogen-bond acceptors (Lipinski definition) is 6. The van der Waals surface area contributed by atoms with E-state index in [1.165, 1.54) is 0 Å². The predicted octanol–water partition coefficient (Wildman–Crippen LogP) is -0.486. The molecule has 0 spiro atoms. The van der Waals surface area contributed by atoms with Gasteiger partial charge in [-0.25, -0.2) is 8.42 Å². The first-order chi connectivity index (χ1) is 12.4. The minimum Gasteiger partial charge on any atom is -0.378 e. The van der Waals surface area contributed by atoms with Crippen molar-refractivity contribution >= 4 is 15.7 Å². The maximum absolute atomic E-state index is 13.0. The highest BCUT2D eigenvalue weighted by Gasteiger charge is 2.51. The summed E-state index contributed by atoms with van der Waals surface area (Å²) in [6.07, 6.45) is 4.21. The summed E-state index contributed by atoms with van der Waals surface area (Å²) >= 11 is 0. The number of carbonyl (C=O) groups excluding carboxylic acids is 1. The molecule has 26 heavy (non-hydrogen) atoms. The van der Waals surface area contributed by atoms with Crippen molar-refractivity contribution < 1.29 is 17.9 Å². The number of aromatic nitrogens is 2. The summed E-state index contributed by atoms with van der Waals surface area (Å²) in [4.78, 5) is 17.0. The zero-order valence-electron chi connectivity index (χ0n) is 15.1. The van der Waals surface area contributed by atoms with E-state index in [9.17, 15) is 13.2 Å². The normalized spacial score (nSPS) is 31.7. The average Bonchev–Trinajstić information content (AvgIpc) is 3.23. The molecular formula is C17H26N4O4S. The lowest BCUT2D eigenvalue weighted by Crippen LogP contribution is -2.50. The summed E-state index contributed by atoms with van der Waals surface area (Å²) in [6, 6.07) is 0. The minimum absolute atomic E-state index is 0.110. The van der Waals surface area contributed by atoms with Gasteiger partial charge in [-0.1, -0.05) is 0 Å². The second-order valence-electron chi connectivity index (χ2n) is 7.62. The molecule has 8 nitrogen and oxygen atoms in total. The van der Waals surface area contributed by atoms with Crippen LogP contribution in [-0.2, 0) is 33.0 Å². The molecule has 3 saturated heterocycles. The molecule has 0 bridgehead atoms. The van der Waals surface area contributed by atoms with E-state index in [2.05, 4.69) is 10.00 Å². The fraction of sp³-hybridized carbons (Fsp3) is 0.765. The number of rotatable bonds is 3. The maximum Gasteiger partial charge on any atom is 0.226 e. The molecule has 1 amide bonds. The lowest BCUT2D eigenvalue weighted by atomic mass is 9.87. The summed E-state index contributed by atoms with van der Waals surface area (Å²) in [5.74, 6) is -0.0712. The monoisotopic (exact) mass is 382 g/mol. The average molecular weight is 382 g/mol. The number of aryl methyl sites for hydroxylation is 1. The van der Waals surface area contributed by atoms with Gasteiger partial charge in [0.05, 0.1) is 30.4 Å². The van der Waals surface area contributed by atoms with Gasteiger partial charge in [-0.15, -0.1) is 0 Å². The molecule has 9 heteroatoms. The molecule has 4 rings (SSSR count). The quantitative estimate of drug-likeness (QED) is 0.702. The summed E-state index contributed by atoms with van der Waals surface area (Å²) in [6.45, 7) is 4.19. The molecule has 3 atom stereocenters. The van der Waals surface area contributed by atoms with Gasteiger partial charge >= 0.3 is 0 Å². The highest BCUT2D eigenvalue weighted by atomic mass is 32.2. The van der Waals surface area contributed by atoms with Gasteiger partial charge < -0.3 is 9.64 Å². The number of fused-ring (bicyclic) bond motifs is 1. The molecule has 0 saturated carbocycles. The van der Waals surface area contributed by atoms with Crippen LogP contribution < -0.4 is 0 Å². The Hall–Kier alpha value is -1.45. The second kappa shape index (κ2) is 6.94. The first kappa shape index (κ1) is 17.9. The number of carbonyl (C=O) groups is 1. The van der Waals surface area contributed by atoms with Crippen LogP contribution in [0.2, 0.25) is 0 Å². The molecule has 1 aromatic rings. The van der Waals surface area contributed by atoms with E-state index < -0.39 is 15.1 Å². The molecule has 144 valence electrons. The smallest absolute Gasteiger partial charge is 0.226 e. The van der Waals surface area contributed by atoms with Crippen LogP contribution in [-0.4, -0.2) is 84.3 Å². The molecule has 4 heterocycles. The van der Waals surface area contributed by atoms with Gasteiger partial charge in [-0.05, 0) is 6.42 Å². The molecule has 3 aliphatic rings. The van der Waals surface area contributed by atoms with Crippen LogP contribution in [0.25, 0.3) is 0 Å². The van der Waals surface area contributed by atoms with Crippen molar-refractivity contribution in [2.45, 2.75) is 18.2 Å². The van der Waals surface area contributed by atoms with E-state index in [1.807, 2.05) is 24.3 Å². The number of morpholine rings is 1. The predicted molar refractivity (Wildman–Crippen MR) is 95.1 cm³/mol. The Morgan fingerprint density at radius 3 is 2.77 bits per heavy atom. The van der Waals surface area contributed by atoms with Crippen LogP contribution in [0.15, 0.2) is 12.4 Å². The van der Waals surface area contributed by atoms with E-state index in [1.54, 1.807) is 4.68 Å². The third-order valence-corrected chi connectivity index (χ3v) is 8.11. The van der Waals surface area contributed by atoms with Gasteiger partial charge in [-0.2, -0.15) is 5.10 Å². The highest BCUT2D eigenvalue weighted by Crippen LogP contribution is 2.38. The van der Waals surface area contributed by atoms with Crippen LogP contribution in [0.5, 0.6) is 0 Å². The Morgan fingerprint density at radius 2 is 2.08 bits per heavy atom. The Balaban J connectivity index is 1.50. The Morgan fingerprint density at radius 1 is 1.31 bits per heavy atom. The van der Waals surface area contributed by atoms with E-state index in [0.29, 0.717) is 52.4 Å². The first-order valence-corrected chi connectivity index (χ1v) is 10.9. The van der Waals surface area contributed by atoms with Crippen LogP contribution in [0, 0.1) is 11.8 Å². The number of sulfone groups is 1. The zero-order chi connectivity index (χ0) is 18.3. The minimum atomic E-state index is -3.14. The second-order valence-corrected chi connectivity index (χ2v) is 9.96. The molecular weight excluding hydrogens is 356 g/mol. The maximum atomic E-state index is 13.0. The number of nitrogens with zero attached hydrogens (tertiary/aromatic N) is 4. The van der Waals surface area contributed by atoms with Crippen molar-refractivity contribution in [3.05, 3.63) is 18.0 Å². The molecule has 0 unspecified atom stereocenters. The lowest BCUT2D eigenvalue weighted by molar-refractivity contribution is -0.141. The van der Waals surface area contributed by atoms with Crippen molar-refractivity contribution in [2.24, 2.45) is 18.9 Å². The number of likely N-dealkylation sites (tertiary alicyclic amines) is 1. The van der Waals surface area contributed by atoms with E-state index in [4.69, 9.17) is 4.74 Å². The number of hydrogen-bond donors (Lipinski definition) is 0. The fourth-order valence-electron chi connectivity index (χ4n) is 4.57. The number of amides is 1. The van der Waals surface area contributed by atoms with E-state index in [-0.39, 0.29) is 23.5 Å². The van der Waals surface area contributed by atoms with E-state index >= 15 is 0 Å². The Labute approximate surface area is 154 Å². The summed E-state index contributed by atoms with van der Waals surface area (Å²) in [7, 11) is -1.27. The van der Waals surface area contributed by atoms with Crippen molar-refractivity contribution in [2.75, 3.05) is 45.1 Å². The van der Waals surface area contributed by atoms with Crippen LogP contribution >= 0.6 is 0 Å². The Bertz CT molecular complexity index is 771. The molecule has 0 N–H and O–H groups in total. The first-order valence-electron chi connectivity index (χ1n) is 9.22. The molecule has 3 aliphatic heterocycles. The molecule has 0 radical (unpaired) electrons. The topological polar surface area (TPSA) is 84.7 Å². The molecule has 1 aromatic heterocycles. The van der Waals surface area contributed by atoms with Crippen LogP contribution in [0.4, 0.5) is 0 Å². The summed E-state index contributed by atoms with van der Waals surface area (Å²) < 4.78 is 32.3. The molecule has 0 aliphatic carbocycles. The fourth-order valence-corrected chi connectivity index (χ4v) is 6.70.